The average molecular weight is 342 g/mol. The van der Waals surface area contributed by atoms with Gasteiger partial charge in [0.1, 0.15) is 6.04 Å². The second-order valence-corrected chi connectivity index (χ2v) is 6.95. The quantitative estimate of drug-likeness (QED) is 0.854. The van der Waals surface area contributed by atoms with E-state index >= 15 is 0 Å². The van der Waals surface area contributed by atoms with E-state index in [1.54, 1.807) is 0 Å². The summed E-state index contributed by atoms with van der Waals surface area (Å²) >= 11 is 0. The molecule has 0 N–H and O–H groups in total. The molecule has 2 heterocycles. The fourth-order valence-corrected chi connectivity index (χ4v) is 3.34. The van der Waals surface area contributed by atoms with E-state index in [2.05, 4.69) is 47.1 Å². The summed E-state index contributed by atoms with van der Waals surface area (Å²) in [5.74, 6) is 1.41. The molecule has 1 fully saturated rings. The van der Waals surface area contributed by atoms with Crippen molar-refractivity contribution in [3.63, 3.8) is 0 Å². The Morgan fingerprint density at radius 2 is 2.08 bits per heavy atom. The van der Waals surface area contributed by atoms with Gasteiger partial charge >= 0.3 is 0 Å². The molecule has 1 aliphatic heterocycles. The smallest absolute Gasteiger partial charge is 0.245 e. The van der Waals surface area contributed by atoms with E-state index in [1.807, 2.05) is 18.9 Å². The van der Waals surface area contributed by atoms with Crippen LogP contribution in [0.15, 0.2) is 22.7 Å². The topological polar surface area (TPSA) is 62.5 Å². The van der Waals surface area contributed by atoms with E-state index in [-0.39, 0.29) is 11.9 Å². The van der Waals surface area contributed by atoms with Gasteiger partial charge in [-0.25, -0.2) is 0 Å². The summed E-state index contributed by atoms with van der Waals surface area (Å²) in [6.45, 7) is 8.15. The molecule has 1 saturated heterocycles. The highest BCUT2D eigenvalue weighted by atomic mass is 16.5. The lowest BCUT2D eigenvalue weighted by molar-refractivity contribution is -0.134. The van der Waals surface area contributed by atoms with Gasteiger partial charge in [0.15, 0.2) is 5.82 Å². The third-order valence-electron chi connectivity index (χ3n) is 4.94. The first-order valence-electron chi connectivity index (χ1n) is 8.78. The molecule has 2 aromatic rings. The van der Waals surface area contributed by atoms with Gasteiger partial charge in [-0.05, 0) is 45.4 Å². The van der Waals surface area contributed by atoms with E-state index in [0.29, 0.717) is 24.7 Å². The van der Waals surface area contributed by atoms with Crippen molar-refractivity contribution in [3.8, 4) is 0 Å². The molecule has 1 amide bonds. The first-order chi connectivity index (χ1) is 11.9. The van der Waals surface area contributed by atoms with Gasteiger partial charge in [-0.2, -0.15) is 4.98 Å². The molecular weight excluding hydrogens is 316 g/mol. The lowest BCUT2D eigenvalue weighted by Crippen LogP contribution is -2.49. The summed E-state index contributed by atoms with van der Waals surface area (Å²) in [5.41, 5.74) is 3.76. The van der Waals surface area contributed by atoms with E-state index in [4.69, 9.17) is 4.52 Å². The zero-order chi connectivity index (χ0) is 18.0. The van der Waals surface area contributed by atoms with Crippen LogP contribution in [0.4, 0.5) is 0 Å². The van der Waals surface area contributed by atoms with Crippen LogP contribution in [0.1, 0.15) is 40.9 Å². The van der Waals surface area contributed by atoms with Crippen molar-refractivity contribution in [1.29, 1.82) is 0 Å². The fraction of sp³-hybridized carbons (Fsp3) is 0.526. The van der Waals surface area contributed by atoms with Crippen molar-refractivity contribution >= 4 is 5.91 Å². The maximum Gasteiger partial charge on any atom is 0.245 e. The Morgan fingerprint density at radius 3 is 2.76 bits per heavy atom. The van der Waals surface area contributed by atoms with Gasteiger partial charge in [-0.3, -0.25) is 9.69 Å². The van der Waals surface area contributed by atoms with Gasteiger partial charge in [-0.15, -0.1) is 0 Å². The minimum Gasteiger partial charge on any atom is -0.339 e. The minimum absolute atomic E-state index is 0.0278. The van der Waals surface area contributed by atoms with Crippen LogP contribution in [0.25, 0.3) is 0 Å². The maximum atomic E-state index is 12.7. The number of rotatable bonds is 4. The van der Waals surface area contributed by atoms with Crippen molar-refractivity contribution in [3.05, 3.63) is 46.6 Å². The number of carbonyl (C=O) groups excluding carboxylic acids is 1. The van der Waals surface area contributed by atoms with Crippen LogP contribution in [0.2, 0.25) is 0 Å². The molecule has 6 nitrogen and oxygen atoms in total. The second-order valence-electron chi connectivity index (χ2n) is 6.95. The predicted molar refractivity (Wildman–Crippen MR) is 95.2 cm³/mol. The molecule has 0 bridgehead atoms. The van der Waals surface area contributed by atoms with Crippen LogP contribution < -0.4 is 0 Å². The molecule has 6 heteroatoms. The fourth-order valence-electron chi connectivity index (χ4n) is 3.34. The van der Waals surface area contributed by atoms with E-state index in [0.717, 1.165) is 19.5 Å². The maximum absolute atomic E-state index is 12.7. The van der Waals surface area contributed by atoms with Crippen LogP contribution in [-0.4, -0.2) is 52.5 Å². The lowest BCUT2D eigenvalue weighted by Gasteiger charge is -2.37. The molecule has 1 aromatic carbocycles. The summed E-state index contributed by atoms with van der Waals surface area (Å²) in [5, 5.41) is 3.87. The van der Waals surface area contributed by atoms with Crippen LogP contribution >= 0.6 is 0 Å². The second kappa shape index (κ2) is 7.35. The van der Waals surface area contributed by atoms with Crippen molar-refractivity contribution in [1.82, 2.24) is 19.9 Å². The SMILES string of the molecule is Cc1ccc(CCC(=O)N2CCN(C)[C@@H](c3nc(C)no3)C2)c(C)c1. The molecule has 0 saturated carbocycles. The molecule has 1 atom stereocenters. The Morgan fingerprint density at radius 1 is 1.28 bits per heavy atom. The molecule has 1 aliphatic rings. The Balaban J connectivity index is 1.62. The summed E-state index contributed by atoms with van der Waals surface area (Å²) in [6.07, 6.45) is 1.31. The largest absolute Gasteiger partial charge is 0.339 e. The van der Waals surface area contributed by atoms with Crippen LogP contribution in [0.5, 0.6) is 0 Å². The van der Waals surface area contributed by atoms with Gasteiger partial charge in [0.25, 0.3) is 0 Å². The van der Waals surface area contributed by atoms with Crippen molar-refractivity contribution < 1.29 is 9.32 Å². The number of amides is 1. The number of nitrogens with zero attached hydrogens (tertiary/aromatic N) is 4. The average Bonchev–Trinajstić information content (AvgIpc) is 3.00. The third kappa shape index (κ3) is 4.07. The highest BCUT2D eigenvalue weighted by molar-refractivity contribution is 5.76. The van der Waals surface area contributed by atoms with Gasteiger partial charge in [-0.1, -0.05) is 28.9 Å². The summed E-state index contributed by atoms with van der Waals surface area (Å²) in [7, 11) is 2.03. The molecule has 0 unspecified atom stereocenters. The Labute approximate surface area is 148 Å². The predicted octanol–water partition coefficient (Wildman–Crippen LogP) is 2.44. The first-order valence-corrected chi connectivity index (χ1v) is 8.78. The standard InChI is InChI=1S/C19H26N4O2/c1-13-5-6-16(14(2)11-13)7-8-18(24)23-10-9-22(4)17(12-23)19-20-15(3)21-25-19/h5-6,11,17H,7-10,12H2,1-4H3/t17-/m1/s1. The van der Waals surface area contributed by atoms with E-state index < -0.39 is 0 Å². The number of piperazine rings is 1. The van der Waals surface area contributed by atoms with Crippen LogP contribution in [0.3, 0.4) is 0 Å². The Hall–Kier alpha value is -2.21. The molecule has 3 rings (SSSR count). The molecule has 0 aliphatic carbocycles. The number of aryl methyl sites for hydroxylation is 4. The van der Waals surface area contributed by atoms with E-state index in [9.17, 15) is 4.79 Å². The normalized spacial score (nSPS) is 18.6. The third-order valence-corrected chi connectivity index (χ3v) is 4.94. The van der Waals surface area contributed by atoms with Crippen molar-refractivity contribution in [2.45, 2.75) is 39.7 Å². The number of hydrogen-bond acceptors (Lipinski definition) is 5. The molecule has 0 spiro atoms. The zero-order valence-electron chi connectivity index (χ0n) is 15.5. The Kier molecular flexibility index (Phi) is 5.18. The molecular formula is C19H26N4O2. The van der Waals surface area contributed by atoms with Crippen LogP contribution in [0, 0.1) is 20.8 Å². The van der Waals surface area contributed by atoms with E-state index in [1.165, 1.54) is 16.7 Å². The highest BCUT2D eigenvalue weighted by Crippen LogP contribution is 2.23. The number of hydrogen-bond donors (Lipinski definition) is 0. The molecule has 1 aromatic heterocycles. The highest BCUT2D eigenvalue weighted by Gasteiger charge is 2.31. The summed E-state index contributed by atoms with van der Waals surface area (Å²) in [4.78, 5) is 21.1. The van der Waals surface area contributed by atoms with Crippen molar-refractivity contribution in [2.24, 2.45) is 0 Å². The molecule has 0 radical (unpaired) electrons. The summed E-state index contributed by atoms with van der Waals surface area (Å²) < 4.78 is 5.32. The Bertz CT molecular complexity index is 756. The molecule has 134 valence electrons. The number of benzene rings is 1. The van der Waals surface area contributed by atoms with Gasteiger partial charge < -0.3 is 9.42 Å². The molecule has 25 heavy (non-hydrogen) atoms. The number of aromatic nitrogens is 2. The van der Waals surface area contributed by atoms with Gasteiger partial charge in [0, 0.05) is 26.1 Å². The first kappa shape index (κ1) is 17.6. The monoisotopic (exact) mass is 342 g/mol. The van der Waals surface area contributed by atoms with Crippen molar-refractivity contribution in [2.75, 3.05) is 26.7 Å². The zero-order valence-corrected chi connectivity index (χ0v) is 15.5. The van der Waals surface area contributed by atoms with Gasteiger partial charge in [0.05, 0.1) is 0 Å². The number of carbonyl (C=O) groups is 1. The lowest BCUT2D eigenvalue weighted by atomic mass is 10.0. The van der Waals surface area contributed by atoms with Gasteiger partial charge in [0.2, 0.25) is 11.8 Å². The van der Waals surface area contributed by atoms with Crippen LogP contribution in [-0.2, 0) is 11.2 Å². The minimum atomic E-state index is -0.0278. The number of likely N-dealkylation sites (N-methyl/N-ethyl adjacent to an activating group) is 1. The summed E-state index contributed by atoms with van der Waals surface area (Å²) in [6, 6.07) is 6.38.